The van der Waals surface area contributed by atoms with Gasteiger partial charge >= 0.3 is 0 Å². The van der Waals surface area contributed by atoms with E-state index < -0.39 is 0 Å². The summed E-state index contributed by atoms with van der Waals surface area (Å²) in [5.74, 6) is 2.30. The van der Waals surface area contributed by atoms with E-state index in [-0.39, 0.29) is 10.9 Å². The SMILES string of the molecule is CC1CCOC1C(Br)c1ccc(Oc2ccccc2)cc1. The highest BCUT2D eigenvalue weighted by Gasteiger charge is 2.31. The molecule has 0 N–H and O–H groups in total. The van der Waals surface area contributed by atoms with Gasteiger partial charge in [-0.2, -0.15) is 0 Å². The van der Waals surface area contributed by atoms with Crippen molar-refractivity contribution in [1.82, 2.24) is 0 Å². The Morgan fingerprint density at radius 1 is 1.05 bits per heavy atom. The van der Waals surface area contributed by atoms with Crippen molar-refractivity contribution in [2.45, 2.75) is 24.3 Å². The topological polar surface area (TPSA) is 18.5 Å². The van der Waals surface area contributed by atoms with Gasteiger partial charge in [-0.1, -0.05) is 53.2 Å². The van der Waals surface area contributed by atoms with Crippen LogP contribution in [0.15, 0.2) is 54.6 Å². The fourth-order valence-corrected chi connectivity index (χ4v) is 3.60. The number of hydrogen-bond donors (Lipinski definition) is 0. The molecule has 0 saturated carbocycles. The summed E-state index contributed by atoms with van der Waals surface area (Å²) < 4.78 is 11.6. The van der Waals surface area contributed by atoms with Gasteiger partial charge in [-0.05, 0) is 42.2 Å². The van der Waals surface area contributed by atoms with Gasteiger partial charge in [0.25, 0.3) is 0 Å². The minimum atomic E-state index is 0.237. The van der Waals surface area contributed by atoms with E-state index in [9.17, 15) is 0 Å². The van der Waals surface area contributed by atoms with E-state index in [1.54, 1.807) is 0 Å². The van der Waals surface area contributed by atoms with Crippen LogP contribution in [0, 0.1) is 5.92 Å². The van der Waals surface area contributed by atoms with E-state index in [1.807, 2.05) is 42.5 Å². The lowest BCUT2D eigenvalue weighted by Crippen LogP contribution is -2.19. The molecule has 0 spiro atoms. The van der Waals surface area contributed by atoms with Crippen LogP contribution < -0.4 is 4.74 Å². The van der Waals surface area contributed by atoms with E-state index in [0.717, 1.165) is 24.5 Å². The molecule has 2 nitrogen and oxygen atoms in total. The van der Waals surface area contributed by atoms with Crippen molar-refractivity contribution in [3.05, 3.63) is 60.2 Å². The molecule has 1 heterocycles. The molecule has 1 aliphatic rings. The standard InChI is InChI=1S/C18H19BrO2/c1-13-11-12-20-18(13)17(19)14-7-9-16(10-8-14)21-15-5-3-2-4-6-15/h2-10,13,17-18H,11-12H2,1H3. The highest BCUT2D eigenvalue weighted by Crippen LogP contribution is 2.37. The third-order valence-corrected chi connectivity index (χ3v) is 4.96. The Kier molecular flexibility index (Phi) is 4.61. The number of alkyl halides is 1. The maximum atomic E-state index is 5.83. The molecule has 0 radical (unpaired) electrons. The highest BCUT2D eigenvalue weighted by molar-refractivity contribution is 9.09. The van der Waals surface area contributed by atoms with Crippen LogP contribution >= 0.6 is 15.9 Å². The lowest BCUT2D eigenvalue weighted by atomic mass is 9.97. The number of halogens is 1. The van der Waals surface area contributed by atoms with E-state index in [1.165, 1.54) is 5.56 Å². The molecule has 3 unspecified atom stereocenters. The van der Waals surface area contributed by atoms with Gasteiger partial charge in [0.15, 0.2) is 0 Å². The molecule has 1 aliphatic heterocycles. The van der Waals surface area contributed by atoms with Gasteiger partial charge in [-0.3, -0.25) is 0 Å². The van der Waals surface area contributed by atoms with Crippen LogP contribution in [0.3, 0.4) is 0 Å². The Balaban J connectivity index is 1.69. The molecule has 2 aromatic rings. The second-order valence-electron chi connectivity index (χ2n) is 5.49. The van der Waals surface area contributed by atoms with Crippen LogP contribution in [0.5, 0.6) is 11.5 Å². The average Bonchev–Trinajstić information content (AvgIpc) is 2.94. The summed E-state index contributed by atoms with van der Waals surface area (Å²) in [7, 11) is 0. The molecule has 0 aliphatic carbocycles. The Bertz CT molecular complexity index is 568. The third kappa shape index (κ3) is 3.47. The predicted octanol–water partition coefficient (Wildman–Crippen LogP) is 5.34. The molecule has 3 rings (SSSR count). The van der Waals surface area contributed by atoms with Crippen molar-refractivity contribution in [3.8, 4) is 11.5 Å². The van der Waals surface area contributed by atoms with E-state index in [4.69, 9.17) is 9.47 Å². The molecule has 2 aromatic carbocycles. The normalized spacial score (nSPS) is 23.0. The molecule has 0 bridgehead atoms. The third-order valence-electron chi connectivity index (χ3n) is 3.91. The predicted molar refractivity (Wildman–Crippen MR) is 88.1 cm³/mol. The molecule has 1 saturated heterocycles. The Morgan fingerprint density at radius 2 is 1.71 bits per heavy atom. The molecular weight excluding hydrogens is 328 g/mol. The lowest BCUT2D eigenvalue weighted by molar-refractivity contribution is 0.0935. The molecule has 3 heteroatoms. The zero-order chi connectivity index (χ0) is 14.7. The summed E-state index contributed by atoms with van der Waals surface area (Å²) in [6, 6.07) is 18.1. The van der Waals surface area contributed by atoms with Crippen LogP contribution in [-0.4, -0.2) is 12.7 Å². The second kappa shape index (κ2) is 6.63. The first-order valence-electron chi connectivity index (χ1n) is 7.32. The summed E-state index contributed by atoms with van der Waals surface area (Å²) in [6.07, 6.45) is 1.40. The molecule has 1 fully saturated rings. The Labute approximate surface area is 134 Å². The van der Waals surface area contributed by atoms with Crippen molar-refractivity contribution >= 4 is 15.9 Å². The molecular formula is C18H19BrO2. The summed E-state index contributed by atoms with van der Waals surface area (Å²) >= 11 is 3.78. The lowest BCUT2D eigenvalue weighted by Gasteiger charge is -2.21. The van der Waals surface area contributed by atoms with Crippen molar-refractivity contribution in [2.24, 2.45) is 5.92 Å². The molecule has 110 valence electrons. The van der Waals surface area contributed by atoms with E-state index >= 15 is 0 Å². The maximum Gasteiger partial charge on any atom is 0.127 e. The van der Waals surface area contributed by atoms with Gasteiger partial charge in [0, 0.05) is 6.61 Å². The summed E-state index contributed by atoms with van der Waals surface area (Å²) in [6.45, 7) is 3.11. The van der Waals surface area contributed by atoms with Gasteiger partial charge in [0.05, 0.1) is 10.9 Å². The first-order valence-corrected chi connectivity index (χ1v) is 8.24. The van der Waals surface area contributed by atoms with Gasteiger partial charge in [-0.15, -0.1) is 0 Å². The van der Waals surface area contributed by atoms with Gasteiger partial charge < -0.3 is 9.47 Å². The molecule has 21 heavy (non-hydrogen) atoms. The monoisotopic (exact) mass is 346 g/mol. The van der Waals surface area contributed by atoms with Gasteiger partial charge in [0.2, 0.25) is 0 Å². The molecule has 0 amide bonds. The minimum absolute atomic E-state index is 0.237. The van der Waals surface area contributed by atoms with Crippen molar-refractivity contribution in [2.75, 3.05) is 6.61 Å². The number of para-hydroxylation sites is 1. The zero-order valence-corrected chi connectivity index (χ0v) is 13.6. The summed E-state index contributed by atoms with van der Waals surface area (Å²) in [4.78, 5) is 0.237. The quantitative estimate of drug-likeness (QED) is 0.695. The number of benzene rings is 2. The smallest absolute Gasteiger partial charge is 0.127 e. The first kappa shape index (κ1) is 14.6. The number of ether oxygens (including phenoxy) is 2. The van der Waals surface area contributed by atoms with Crippen molar-refractivity contribution < 1.29 is 9.47 Å². The van der Waals surface area contributed by atoms with Crippen molar-refractivity contribution in [3.63, 3.8) is 0 Å². The molecule has 3 atom stereocenters. The fourth-order valence-electron chi connectivity index (χ4n) is 2.63. The highest BCUT2D eigenvalue weighted by atomic mass is 79.9. The maximum absolute atomic E-state index is 5.83. The Hall–Kier alpha value is -1.32. The van der Waals surface area contributed by atoms with Crippen molar-refractivity contribution in [1.29, 1.82) is 0 Å². The number of hydrogen-bond acceptors (Lipinski definition) is 2. The summed E-state index contributed by atoms with van der Waals surface area (Å²) in [5.41, 5.74) is 1.23. The summed E-state index contributed by atoms with van der Waals surface area (Å²) in [5, 5.41) is 0. The van der Waals surface area contributed by atoms with Gasteiger partial charge in [-0.25, -0.2) is 0 Å². The van der Waals surface area contributed by atoms with E-state index in [2.05, 4.69) is 35.0 Å². The van der Waals surface area contributed by atoms with Gasteiger partial charge in [0.1, 0.15) is 11.5 Å². The van der Waals surface area contributed by atoms with Crippen LogP contribution in [0.1, 0.15) is 23.7 Å². The number of rotatable bonds is 4. The Morgan fingerprint density at radius 3 is 2.33 bits per heavy atom. The van der Waals surface area contributed by atoms with Crippen LogP contribution in [-0.2, 0) is 4.74 Å². The fraction of sp³-hybridized carbons (Fsp3) is 0.333. The minimum Gasteiger partial charge on any atom is -0.457 e. The van der Waals surface area contributed by atoms with Crippen LogP contribution in [0.25, 0.3) is 0 Å². The van der Waals surface area contributed by atoms with E-state index in [0.29, 0.717) is 5.92 Å². The zero-order valence-electron chi connectivity index (χ0n) is 12.0. The molecule has 0 aromatic heterocycles. The van der Waals surface area contributed by atoms with Crippen LogP contribution in [0.2, 0.25) is 0 Å². The van der Waals surface area contributed by atoms with Crippen LogP contribution in [0.4, 0.5) is 0 Å². The largest absolute Gasteiger partial charge is 0.457 e. The second-order valence-corrected chi connectivity index (χ2v) is 6.47. The first-order chi connectivity index (χ1) is 10.2. The average molecular weight is 347 g/mol.